The summed E-state index contributed by atoms with van der Waals surface area (Å²) >= 11 is 6.17. The van der Waals surface area contributed by atoms with Crippen LogP contribution in [0.3, 0.4) is 0 Å². The van der Waals surface area contributed by atoms with E-state index in [1.807, 2.05) is 36.4 Å². The van der Waals surface area contributed by atoms with Crippen LogP contribution in [-0.4, -0.2) is 45.1 Å². The highest BCUT2D eigenvalue weighted by atomic mass is 35.5. The summed E-state index contributed by atoms with van der Waals surface area (Å²) < 4.78 is 77.0. The average Bonchev–Trinajstić information content (AvgIpc) is 3.44. The van der Waals surface area contributed by atoms with Gasteiger partial charge < -0.3 is 13.9 Å². The first-order chi connectivity index (χ1) is 25.2. The second-order valence-corrected chi connectivity index (χ2v) is 18.0. The zero-order valence-corrected chi connectivity index (χ0v) is 31.2. The zero-order chi connectivity index (χ0) is 38.1. The summed E-state index contributed by atoms with van der Waals surface area (Å²) in [6.45, 7) is 9.19. The number of ether oxygens (including phenoxy) is 2. The molecule has 0 bridgehead atoms. The van der Waals surface area contributed by atoms with E-state index in [4.69, 9.17) is 25.5 Å². The van der Waals surface area contributed by atoms with Gasteiger partial charge in [0, 0.05) is 18.0 Å². The predicted molar refractivity (Wildman–Crippen MR) is 197 cm³/mol. The Hall–Kier alpha value is -5.05. The van der Waals surface area contributed by atoms with E-state index in [1.165, 1.54) is 35.0 Å². The van der Waals surface area contributed by atoms with Crippen molar-refractivity contribution in [2.45, 2.75) is 65.1 Å². The van der Waals surface area contributed by atoms with Crippen molar-refractivity contribution >= 4 is 41.1 Å². The molecule has 0 N–H and O–H groups in total. The number of nitrogens with zero attached hydrogens (tertiary/aromatic N) is 5. The molecule has 0 aliphatic carbocycles. The monoisotopic (exact) mass is 765 g/mol. The molecule has 9 nitrogen and oxygen atoms in total. The minimum atomic E-state index is -4.76. The molecule has 0 radical (unpaired) electrons. The van der Waals surface area contributed by atoms with E-state index in [2.05, 4.69) is 60.3 Å². The van der Waals surface area contributed by atoms with Crippen LogP contribution in [0, 0.1) is 5.82 Å². The Bertz CT molecular complexity index is 2240. The van der Waals surface area contributed by atoms with E-state index in [0.29, 0.717) is 5.82 Å². The first kappa shape index (κ1) is 37.7. The number of benzene rings is 4. The summed E-state index contributed by atoms with van der Waals surface area (Å²) in [4.78, 5) is 14.0. The van der Waals surface area contributed by atoms with Crippen LogP contribution in [0.2, 0.25) is 10.1 Å². The Kier molecular flexibility index (Phi) is 10.5. The first-order valence-electron chi connectivity index (χ1n) is 16.7. The maximum atomic E-state index is 14.7. The molecular formula is C38H36ClF4N5O4Si. The Morgan fingerprint density at radius 3 is 2.13 bits per heavy atom. The van der Waals surface area contributed by atoms with Crippen LogP contribution in [0.1, 0.15) is 40.4 Å². The highest BCUT2D eigenvalue weighted by Gasteiger charge is 2.50. The van der Waals surface area contributed by atoms with Crippen molar-refractivity contribution in [3.63, 3.8) is 0 Å². The highest BCUT2D eigenvalue weighted by Crippen LogP contribution is 2.41. The Balaban J connectivity index is 1.48. The van der Waals surface area contributed by atoms with Gasteiger partial charge in [0.15, 0.2) is 23.5 Å². The average molecular weight is 766 g/mol. The molecule has 53 heavy (non-hydrogen) atoms. The summed E-state index contributed by atoms with van der Waals surface area (Å²) in [6.07, 6.45) is -5.79. The van der Waals surface area contributed by atoms with Gasteiger partial charge in [-0.05, 0) is 47.5 Å². The summed E-state index contributed by atoms with van der Waals surface area (Å²) in [5, 5.41) is 14.2. The smallest absolute Gasteiger partial charge is 0.425 e. The molecule has 0 fully saturated rings. The standard InChI is InChI=1S/C38H36ClF4N5O4Si/c1-6-47-32(23-50-53(37(3,4)5,27-14-9-7-10-15-27)28-16-11-8-12-17-28)46-48(36(47)49)26-20-25-22-44-45-35(52-34-29(39)18-13-19-30(34)40)33(25)31(21-26)51-24(2)38(41,42)43/h7-22,24H,6,23H2,1-5H3/t24-/m0/s1. The molecule has 0 aliphatic rings. The van der Waals surface area contributed by atoms with Crippen molar-refractivity contribution < 1.29 is 31.5 Å². The van der Waals surface area contributed by atoms with Gasteiger partial charge in [-0.3, -0.25) is 4.57 Å². The third-order valence-electron chi connectivity index (χ3n) is 8.89. The van der Waals surface area contributed by atoms with Crippen LogP contribution in [0.25, 0.3) is 16.5 Å². The quantitative estimate of drug-likeness (QED) is 0.0976. The highest BCUT2D eigenvalue weighted by molar-refractivity contribution is 6.99. The van der Waals surface area contributed by atoms with Crippen LogP contribution >= 0.6 is 11.6 Å². The van der Waals surface area contributed by atoms with Crippen LogP contribution in [0.5, 0.6) is 17.4 Å². The first-order valence-corrected chi connectivity index (χ1v) is 19.0. The van der Waals surface area contributed by atoms with E-state index in [-0.39, 0.29) is 51.3 Å². The second kappa shape index (κ2) is 14.8. The number of rotatable bonds is 11. The van der Waals surface area contributed by atoms with Gasteiger partial charge in [0.1, 0.15) is 5.75 Å². The molecule has 4 aromatic carbocycles. The predicted octanol–water partition coefficient (Wildman–Crippen LogP) is 7.99. The maximum Gasteiger partial charge on any atom is 0.425 e. The minimum absolute atomic E-state index is 0.0434. The summed E-state index contributed by atoms with van der Waals surface area (Å²) in [5.41, 5.74) is -0.479. The lowest BCUT2D eigenvalue weighted by atomic mass is 10.1. The van der Waals surface area contributed by atoms with Gasteiger partial charge in [0.2, 0.25) is 0 Å². The van der Waals surface area contributed by atoms with Crippen molar-refractivity contribution in [1.82, 2.24) is 24.5 Å². The summed E-state index contributed by atoms with van der Waals surface area (Å²) in [6, 6.07) is 26.5. The lowest BCUT2D eigenvalue weighted by Crippen LogP contribution is -2.66. The number of fused-ring (bicyclic) bond motifs is 1. The van der Waals surface area contributed by atoms with E-state index in [9.17, 15) is 22.4 Å². The van der Waals surface area contributed by atoms with Crippen LogP contribution in [0.4, 0.5) is 17.6 Å². The molecule has 0 saturated carbocycles. The number of hydrogen-bond acceptors (Lipinski definition) is 7. The number of hydrogen-bond donors (Lipinski definition) is 0. The molecule has 0 aliphatic heterocycles. The summed E-state index contributed by atoms with van der Waals surface area (Å²) in [5.74, 6) is -1.65. The molecule has 15 heteroatoms. The molecule has 0 saturated heterocycles. The second-order valence-electron chi connectivity index (χ2n) is 13.3. The number of halogens is 5. The molecule has 0 spiro atoms. The van der Waals surface area contributed by atoms with Gasteiger partial charge in [-0.25, -0.2) is 9.18 Å². The topological polar surface area (TPSA) is 93.3 Å². The Morgan fingerprint density at radius 1 is 0.925 bits per heavy atom. The van der Waals surface area contributed by atoms with E-state index in [0.717, 1.165) is 28.0 Å². The lowest BCUT2D eigenvalue weighted by molar-refractivity contribution is -0.189. The molecule has 6 aromatic rings. The SMILES string of the molecule is CCn1c(CO[Si](c2ccccc2)(c2ccccc2)C(C)(C)C)nn(-c2cc(O[C@@H](C)C(F)(F)F)c3c(Oc4c(F)cccc4Cl)nncc3c2)c1=O. The molecule has 0 unspecified atom stereocenters. The van der Waals surface area contributed by atoms with Gasteiger partial charge in [0.25, 0.3) is 14.2 Å². The zero-order valence-electron chi connectivity index (χ0n) is 29.5. The fourth-order valence-corrected chi connectivity index (χ4v) is 11.0. The fourth-order valence-electron chi connectivity index (χ4n) is 6.33. The van der Waals surface area contributed by atoms with Gasteiger partial charge in [0.05, 0.1) is 28.9 Å². The van der Waals surface area contributed by atoms with Crippen molar-refractivity contribution in [3.05, 3.63) is 124 Å². The molecular weight excluding hydrogens is 730 g/mol. The van der Waals surface area contributed by atoms with Crippen molar-refractivity contribution in [2.75, 3.05) is 0 Å². The van der Waals surface area contributed by atoms with Crippen LogP contribution in [-0.2, 0) is 17.6 Å². The number of para-hydroxylation sites is 1. The largest absolute Gasteiger partial charge is 0.480 e. The van der Waals surface area contributed by atoms with E-state index >= 15 is 0 Å². The van der Waals surface area contributed by atoms with Crippen molar-refractivity contribution in [2.24, 2.45) is 0 Å². The molecule has 276 valence electrons. The molecule has 2 aromatic heterocycles. The third-order valence-corrected chi connectivity index (χ3v) is 14.2. The van der Waals surface area contributed by atoms with Crippen molar-refractivity contribution in [1.29, 1.82) is 0 Å². The normalized spacial score (nSPS) is 12.9. The van der Waals surface area contributed by atoms with E-state index in [1.54, 1.807) is 6.92 Å². The van der Waals surface area contributed by atoms with E-state index < -0.39 is 37.9 Å². The van der Waals surface area contributed by atoms with Crippen molar-refractivity contribution in [3.8, 4) is 23.1 Å². The lowest BCUT2D eigenvalue weighted by Gasteiger charge is -2.42. The van der Waals surface area contributed by atoms with Gasteiger partial charge in [-0.1, -0.05) is 99.1 Å². The van der Waals surface area contributed by atoms with Crippen LogP contribution < -0.4 is 25.5 Å². The minimum Gasteiger partial charge on any atom is -0.480 e. The molecule has 0 amide bonds. The number of alkyl halides is 3. The third kappa shape index (κ3) is 7.30. The molecule has 2 heterocycles. The molecule has 6 rings (SSSR count). The summed E-state index contributed by atoms with van der Waals surface area (Å²) in [7, 11) is -3.04. The Morgan fingerprint density at radius 2 is 1.57 bits per heavy atom. The van der Waals surface area contributed by atoms with Crippen LogP contribution in [0.15, 0.2) is 102 Å². The van der Waals surface area contributed by atoms with Gasteiger partial charge in [-0.15, -0.1) is 10.2 Å². The molecule has 1 atom stereocenters. The Labute approximate surface area is 308 Å². The van der Waals surface area contributed by atoms with Gasteiger partial charge in [-0.2, -0.15) is 23.0 Å². The maximum absolute atomic E-state index is 14.7. The number of aromatic nitrogens is 5. The fraction of sp³-hybridized carbons (Fsp3) is 0.263. The van der Waals surface area contributed by atoms with Gasteiger partial charge >= 0.3 is 11.9 Å².